The molecule has 0 aliphatic carbocycles. The number of esters is 1. The number of rotatable bonds is 4. The Morgan fingerprint density at radius 2 is 2.00 bits per heavy atom. The predicted molar refractivity (Wildman–Crippen MR) is 36.8 cm³/mol. The summed E-state index contributed by atoms with van der Waals surface area (Å²) in [6.07, 6.45) is 0. The lowest BCUT2D eigenvalue weighted by Gasteiger charge is -2.21. The van der Waals surface area contributed by atoms with Gasteiger partial charge in [-0.2, -0.15) is 0 Å². The second-order valence-corrected chi connectivity index (χ2v) is 2.03. The zero-order valence-electron chi connectivity index (χ0n) is 6.19. The van der Waals surface area contributed by atoms with Crippen LogP contribution in [0.5, 0.6) is 0 Å². The fraction of sp³-hybridized carbons (Fsp3) is 0.600. The van der Waals surface area contributed by atoms with E-state index in [1.807, 2.05) is 0 Å². The molecule has 0 radical (unpaired) electrons. The summed E-state index contributed by atoms with van der Waals surface area (Å²) in [4.78, 5) is 20.8. The highest BCUT2D eigenvalue weighted by Crippen LogP contribution is 2.01. The van der Waals surface area contributed by atoms with Crippen LogP contribution in [0.4, 0.5) is 0 Å². The number of carbonyl (C=O) groups is 2. The second kappa shape index (κ2) is 4.00. The third-order valence-corrected chi connectivity index (χ3v) is 1.06. The first kappa shape index (κ1) is 10.8. The number of carbonyl (C=O) groups excluding carboxylic acids is 1. The van der Waals surface area contributed by atoms with E-state index in [0.29, 0.717) is 0 Å². The van der Waals surface area contributed by atoms with E-state index in [0.717, 1.165) is 0 Å². The minimum absolute atomic E-state index is 0.494. The fourth-order valence-electron chi connectivity index (χ4n) is 0.388. The van der Waals surface area contributed by atoms with Crippen molar-refractivity contribution in [2.24, 2.45) is 11.5 Å². The van der Waals surface area contributed by atoms with E-state index in [1.165, 1.54) is 0 Å². The third-order valence-electron chi connectivity index (χ3n) is 1.06. The van der Waals surface area contributed by atoms with Crippen LogP contribution in [-0.4, -0.2) is 41.0 Å². The third kappa shape index (κ3) is 2.46. The highest BCUT2D eigenvalue weighted by molar-refractivity contribution is 5.82. The van der Waals surface area contributed by atoms with E-state index < -0.39 is 30.8 Å². The molecule has 0 bridgehead atoms. The van der Waals surface area contributed by atoms with Crippen molar-refractivity contribution in [3.8, 4) is 0 Å². The van der Waals surface area contributed by atoms with Gasteiger partial charge in [0.15, 0.2) is 0 Å². The maximum absolute atomic E-state index is 10.5. The number of aliphatic hydroxyl groups excluding tert-OH is 1. The number of carboxylic acids is 1. The van der Waals surface area contributed by atoms with E-state index >= 15 is 0 Å². The molecule has 0 amide bonds. The summed E-state index contributed by atoms with van der Waals surface area (Å²) in [7, 11) is 0. The van der Waals surface area contributed by atoms with Crippen molar-refractivity contribution in [3.05, 3.63) is 0 Å². The molecule has 6 N–H and O–H groups in total. The van der Waals surface area contributed by atoms with Crippen LogP contribution in [0.2, 0.25) is 0 Å². The lowest BCUT2D eigenvalue weighted by molar-refractivity contribution is -0.181. The first-order valence-electron chi connectivity index (χ1n) is 3.01. The zero-order valence-corrected chi connectivity index (χ0v) is 6.19. The summed E-state index contributed by atoms with van der Waals surface area (Å²) in [5, 5.41) is 16.9. The summed E-state index contributed by atoms with van der Waals surface area (Å²) >= 11 is 0. The Hall–Kier alpha value is -1.18. The molecule has 0 aromatic heterocycles. The molecule has 0 aromatic rings. The van der Waals surface area contributed by atoms with Crippen molar-refractivity contribution in [3.63, 3.8) is 0 Å². The van der Waals surface area contributed by atoms with E-state index in [-0.39, 0.29) is 0 Å². The van der Waals surface area contributed by atoms with Crippen LogP contribution >= 0.6 is 0 Å². The number of aliphatic carboxylic acids is 1. The van der Waals surface area contributed by atoms with Gasteiger partial charge in [0, 0.05) is 0 Å². The summed E-state index contributed by atoms with van der Waals surface area (Å²) < 4.78 is 4.16. The first-order valence-corrected chi connectivity index (χ1v) is 3.01. The highest BCUT2D eigenvalue weighted by Gasteiger charge is 2.37. The second-order valence-electron chi connectivity index (χ2n) is 2.03. The van der Waals surface area contributed by atoms with Gasteiger partial charge in [0.25, 0.3) is 5.72 Å². The SMILES string of the molecule is NCC(=O)OC(N)(CO)C(=O)O. The zero-order chi connectivity index (χ0) is 9.78. The molecule has 0 heterocycles. The average molecular weight is 178 g/mol. The van der Waals surface area contributed by atoms with Crippen molar-refractivity contribution >= 4 is 11.9 Å². The van der Waals surface area contributed by atoms with Gasteiger partial charge < -0.3 is 20.7 Å². The number of hydrogen-bond acceptors (Lipinski definition) is 6. The van der Waals surface area contributed by atoms with Gasteiger partial charge in [-0.1, -0.05) is 0 Å². The quantitative estimate of drug-likeness (QED) is 0.270. The minimum Gasteiger partial charge on any atom is -0.477 e. The van der Waals surface area contributed by atoms with Gasteiger partial charge in [0.05, 0.1) is 6.54 Å². The first-order chi connectivity index (χ1) is 5.46. The standard InChI is InChI=1S/C5H10N2O5/c6-1-3(9)12-5(7,2-8)4(10)11/h8H,1-2,6-7H2,(H,10,11). The Bertz CT molecular complexity index is 194. The summed E-state index contributed by atoms with van der Waals surface area (Å²) in [5.74, 6) is -2.62. The molecule has 0 rings (SSSR count). The smallest absolute Gasteiger partial charge is 0.366 e. The molecule has 0 aliphatic rings. The number of aliphatic hydroxyl groups is 1. The minimum atomic E-state index is -2.39. The molecule has 0 saturated heterocycles. The van der Waals surface area contributed by atoms with Gasteiger partial charge in [-0.15, -0.1) is 0 Å². The molecule has 0 fully saturated rings. The van der Waals surface area contributed by atoms with Crippen molar-refractivity contribution in [2.45, 2.75) is 5.72 Å². The maximum atomic E-state index is 10.5. The molecule has 12 heavy (non-hydrogen) atoms. The molecular weight excluding hydrogens is 168 g/mol. The molecule has 0 aliphatic heterocycles. The summed E-state index contributed by atoms with van der Waals surface area (Å²) in [5.41, 5.74) is 7.41. The van der Waals surface area contributed by atoms with Crippen molar-refractivity contribution in [1.82, 2.24) is 0 Å². The molecule has 0 spiro atoms. The normalized spacial score (nSPS) is 14.9. The van der Waals surface area contributed by atoms with Crippen molar-refractivity contribution < 1.29 is 24.5 Å². The van der Waals surface area contributed by atoms with Gasteiger partial charge in [0.2, 0.25) is 0 Å². The van der Waals surface area contributed by atoms with Gasteiger partial charge in [-0.25, -0.2) is 4.79 Å². The molecule has 0 saturated carbocycles. The van der Waals surface area contributed by atoms with Gasteiger partial charge in [-0.3, -0.25) is 10.5 Å². The van der Waals surface area contributed by atoms with E-state index in [4.69, 9.17) is 21.7 Å². The van der Waals surface area contributed by atoms with E-state index in [2.05, 4.69) is 4.74 Å². The lowest BCUT2D eigenvalue weighted by atomic mass is 10.2. The van der Waals surface area contributed by atoms with Crippen LogP contribution in [0.25, 0.3) is 0 Å². The Labute approximate surface area is 67.9 Å². The molecule has 7 nitrogen and oxygen atoms in total. The Morgan fingerprint density at radius 1 is 1.50 bits per heavy atom. The molecule has 0 aromatic carbocycles. The van der Waals surface area contributed by atoms with Crippen molar-refractivity contribution in [1.29, 1.82) is 0 Å². The van der Waals surface area contributed by atoms with Crippen LogP contribution in [0.3, 0.4) is 0 Å². The Morgan fingerprint density at radius 3 is 2.25 bits per heavy atom. The molecule has 70 valence electrons. The Balaban J connectivity index is 4.34. The molecular formula is C5H10N2O5. The van der Waals surface area contributed by atoms with Crippen LogP contribution in [-0.2, 0) is 14.3 Å². The lowest BCUT2D eigenvalue weighted by Crippen LogP contribution is -2.55. The summed E-state index contributed by atoms with van der Waals surface area (Å²) in [6, 6.07) is 0. The monoisotopic (exact) mass is 178 g/mol. The van der Waals surface area contributed by atoms with Crippen molar-refractivity contribution in [2.75, 3.05) is 13.2 Å². The number of ether oxygens (including phenoxy) is 1. The van der Waals surface area contributed by atoms with E-state index in [9.17, 15) is 9.59 Å². The maximum Gasteiger partial charge on any atom is 0.366 e. The molecule has 1 unspecified atom stereocenters. The van der Waals surface area contributed by atoms with Crippen LogP contribution < -0.4 is 11.5 Å². The van der Waals surface area contributed by atoms with Crippen LogP contribution in [0, 0.1) is 0 Å². The van der Waals surface area contributed by atoms with Gasteiger partial charge in [-0.05, 0) is 0 Å². The summed E-state index contributed by atoms with van der Waals surface area (Å²) in [6.45, 7) is -1.50. The average Bonchev–Trinajstić information content (AvgIpc) is 2.03. The fourth-order valence-corrected chi connectivity index (χ4v) is 0.388. The van der Waals surface area contributed by atoms with Gasteiger partial charge >= 0.3 is 11.9 Å². The predicted octanol–water partition coefficient (Wildman–Crippen LogP) is -2.78. The Kier molecular flexibility index (Phi) is 3.61. The van der Waals surface area contributed by atoms with Gasteiger partial charge in [0.1, 0.15) is 6.61 Å². The van der Waals surface area contributed by atoms with E-state index in [1.54, 1.807) is 0 Å². The largest absolute Gasteiger partial charge is 0.477 e. The number of nitrogens with two attached hydrogens (primary N) is 2. The highest BCUT2D eigenvalue weighted by atomic mass is 16.6. The molecule has 1 atom stereocenters. The number of carboxylic acid groups (broad SMARTS) is 1. The van der Waals surface area contributed by atoms with Crippen LogP contribution in [0.1, 0.15) is 0 Å². The number of hydrogen-bond donors (Lipinski definition) is 4. The molecule has 7 heteroatoms. The topological polar surface area (TPSA) is 136 Å². The van der Waals surface area contributed by atoms with Crippen LogP contribution in [0.15, 0.2) is 0 Å².